The molecule has 8 nitrogen and oxygen atoms in total. The average molecular weight is 447 g/mol. The maximum absolute atomic E-state index is 13.3. The van der Waals surface area contributed by atoms with Gasteiger partial charge in [0.25, 0.3) is 5.91 Å². The van der Waals surface area contributed by atoms with Crippen LogP contribution in [-0.4, -0.2) is 55.9 Å². The van der Waals surface area contributed by atoms with Crippen LogP contribution >= 0.6 is 0 Å². The van der Waals surface area contributed by atoms with Crippen LogP contribution in [0.25, 0.3) is 11.0 Å². The first-order valence-corrected chi connectivity index (χ1v) is 10.1. The van der Waals surface area contributed by atoms with Crippen LogP contribution in [0.3, 0.4) is 0 Å². The highest BCUT2D eigenvalue weighted by molar-refractivity contribution is 6.04. The van der Waals surface area contributed by atoms with Crippen LogP contribution in [0, 0.1) is 0 Å². The Kier molecular flexibility index (Phi) is 5.81. The standard InChI is InChI=1S/C21H20F3N5O3/c1-2-32-20(31)18-14-12-28(10-6-16(14)29(27-18)11-7-21(22,23)24)19(30)13-4-3-5-15-17(13)26-9-8-25-15/h3-5,8-9H,2,6-7,10-12H2,1H3. The normalized spacial score (nSPS) is 13.8. The van der Waals surface area contributed by atoms with E-state index in [9.17, 15) is 22.8 Å². The molecule has 32 heavy (non-hydrogen) atoms. The Morgan fingerprint density at radius 2 is 1.97 bits per heavy atom. The largest absolute Gasteiger partial charge is 0.461 e. The predicted molar refractivity (Wildman–Crippen MR) is 107 cm³/mol. The summed E-state index contributed by atoms with van der Waals surface area (Å²) in [6.45, 7) is 1.62. The van der Waals surface area contributed by atoms with Gasteiger partial charge in [-0.25, -0.2) is 4.79 Å². The van der Waals surface area contributed by atoms with E-state index in [4.69, 9.17) is 4.74 Å². The lowest BCUT2D eigenvalue weighted by Crippen LogP contribution is -2.37. The number of hydrogen-bond acceptors (Lipinski definition) is 6. The van der Waals surface area contributed by atoms with E-state index in [-0.39, 0.29) is 37.7 Å². The molecule has 1 amide bonds. The van der Waals surface area contributed by atoms with Gasteiger partial charge in [0.2, 0.25) is 0 Å². The van der Waals surface area contributed by atoms with Crippen molar-refractivity contribution in [1.29, 1.82) is 0 Å². The number of aryl methyl sites for hydroxylation is 1. The number of ether oxygens (including phenoxy) is 1. The van der Waals surface area contributed by atoms with Crippen LogP contribution in [0.15, 0.2) is 30.6 Å². The molecule has 1 aromatic carbocycles. The van der Waals surface area contributed by atoms with Crippen LogP contribution in [0.4, 0.5) is 13.2 Å². The SMILES string of the molecule is CCOC(=O)c1nn(CCC(F)(F)F)c2c1CN(C(=O)c1cccc3nccnc13)CC2. The molecule has 2 aromatic heterocycles. The van der Waals surface area contributed by atoms with Crippen LogP contribution in [0.5, 0.6) is 0 Å². The first-order chi connectivity index (χ1) is 15.3. The second-order valence-corrected chi connectivity index (χ2v) is 7.29. The average Bonchev–Trinajstić information content (AvgIpc) is 3.14. The van der Waals surface area contributed by atoms with Crippen LogP contribution in [0.1, 0.15) is 45.4 Å². The molecule has 0 atom stereocenters. The second kappa shape index (κ2) is 8.56. The van der Waals surface area contributed by atoms with E-state index in [1.165, 1.54) is 22.0 Å². The first kappa shape index (κ1) is 21.7. The molecular formula is C21H20F3N5O3. The van der Waals surface area contributed by atoms with Gasteiger partial charge in [-0.3, -0.25) is 19.4 Å². The van der Waals surface area contributed by atoms with E-state index in [0.29, 0.717) is 27.9 Å². The van der Waals surface area contributed by atoms with Crippen molar-refractivity contribution in [2.45, 2.75) is 39.0 Å². The lowest BCUT2D eigenvalue weighted by molar-refractivity contribution is -0.137. The third kappa shape index (κ3) is 4.27. The number of rotatable bonds is 5. The molecule has 11 heteroatoms. The van der Waals surface area contributed by atoms with Crippen molar-refractivity contribution in [2.24, 2.45) is 0 Å². The van der Waals surface area contributed by atoms with Crippen molar-refractivity contribution in [3.8, 4) is 0 Å². The molecule has 0 spiro atoms. The third-order valence-electron chi connectivity index (χ3n) is 5.23. The van der Waals surface area contributed by atoms with Crippen molar-refractivity contribution >= 4 is 22.9 Å². The summed E-state index contributed by atoms with van der Waals surface area (Å²) in [7, 11) is 0. The van der Waals surface area contributed by atoms with Crippen molar-refractivity contribution in [1.82, 2.24) is 24.6 Å². The summed E-state index contributed by atoms with van der Waals surface area (Å²) >= 11 is 0. The fourth-order valence-electron chi connectivity index (χ4n) is 3.78. The smallest absolute Gasteiger partial charge is 0.390 e. The highest BCUT2D eigenvalue weighted by Gasteiger charge is 2.33. The number of carbonyl (C=O) groups is 2. The lowest BCUT2D eigenvalue weighted by atomic mass is 10.0. The second-order valence-electron chi connectivity index (χ2n) is 7.29. The monoisotopic (exact) mass is 447 g/mol. The summed E-state index contributed by atoms with van der Waals surface area (Å²) in [5, 5.41) is 4.11. The van der Waals surface area contributed by atoms with Crippen LogP contribution in [0.2, 0.25) is 0 Å². The van der Waals surface area contributed by atoms with Crippen molar-refractivity contribution in [3.63, 3.8) is 0 Å². The maximum Gasteiger partial charge on any atom is 0.390 e. The molecular weight excluding hydrogens is 427 g/mol. The van der Waals surface area contributed by atoms with Gasteiger partial charge in [0.05, 0.1) is 30.7 Å². The van der Waals surface area contributed by atoms with Gasteiger partial charge >= 0.3 is 12.1 Å². The van der Waals surface area contributed by atoms with E-state index in [2.05, 4.69) is 15.1 Å². The van der Waals surface area contributed by atoms with Gasteiger partial charge in [0.1, 0.15) is 5.52 Å². The Morgan fingerprint density at radius 1 is 1.19 bits per heavy atom. The molecule has 0 saturated heterocycles. The Hall–Kier alpha value is -3.50. The summed E-state index contributed by atoms with van der Waals surface area (Å²) in [4.78, 5) is 35.7. The molecule has 4 rings (SSSR count). The minimum Gasteiger partial charge on any atom is -0.461 e. The summed E-state index contributed by atoms with van der Waals surface area (Å²) in [6.07, 6.45) is -2.13. The molecule has 3 heterocycles. The van der Waals surface area contributed by atoms with Gasteiger partial charge in [-0.2, -0.15) is 18.3 Å². The molecule has 0 bridgehead atoms. The number of aromatic nitrogens is 4. The maximum atomic E-state index is 13.3. The number of halogens is 3. The molecule has 0 radical (unpaired) electrons. The van der Waals surface area contributed by atoms with E-state index in [0.717, 1.165) is 0 Å². The van der Waals surface area contributed by atoms with Gasteiger partial charge in [-0.05, 0) is 19.1 Å². The fraction of sp³-hybridized carbons (Fsp3) is 0.381. The molecule has 0 fully saturated rings. The molecule has 0 unspecified atom stereocenters. The van der Waals surface area contributed by atoms with Crippen LogP contribution in [-0.2, 0) is 24.2 Å². The zero-order chi connectivity index (χ0) is 22.9. The highest BCUT2D eigenvalue weighted by Crippen LogP contribution is 2.28. The molecule has 168 valence electrons. The quantitative estimate of drug-likeness (QED) is 0.558. The fourth-order valence-corrected chi connectivity index (χ4v) is 3.78. The van der Waals surface area contributed by atoms with Gasteiger partial charge in [0.15, 0.2) is 5.69 Å². The Bertz CT molecular complexity index is 1170. The number of esters is 1. The Labute approximate surface area is 181 Å². The topological polar surface area (TPSA) is 90.2 Å². The zero-order valence-corrected chi connectivity index (χ0v) is 17.2. The molecule has 0 saturated carbocycles. The number of amides is 1. The molecule has 1 aliphatic heterocycles. The van der Waals surface area contributed by atoms with Crippen molar-refractivity contribution in [3.05, 3.63) is 53.1 Å². The summed E-state index contributed by atoms with van der Waals surface area (Å²) in [6, 6.07) is 5.10. The number of para-hydroxylation sites is 1. The van der Waals surface area contributed by atoms with E-state index in [1.54, 1.807) is 25.1 Å². The van der Waals surface area contributed by atoms with Gasteiger partial charge in [-0.1, -0.05) is 6.07 Å². The van der Waals surface area contributed by atoms with Crippen LogP contribution < -0.4 is 0 Å². The number of fused-ring (bicyclic) bond motifs is 2. The van der Waals surface area contributed by atoms with E-state index in [1.807, 2.05) is 0 Å². The number of alkyl halides is 3. The Morgan fingerprint density at radius 3 is 2.72 bits per heavy atom. The predicted octanol–water partition coefficient (Wildman–Crippen LogP) is 3.15. The van der Waals surface area contributed by atoms with Crippen molar-refractivity contribution < 1.29 is 27.5 Å². The van der Waals surface area contributed by atoms with E-state index < -0.39 is 25.1 Å². The first-order valence-electron chi connectivity index (χ1n) is 10.1. The molecule has 3 aromatic rings. The van der Waals surface area contributed by atoms with E-state index >= 15 is 0 Å². The lowest BCUT2D eigenvalue weighted by Gasteiger charge is -2.28. The molecule has 0 aliphatic carbocycles. The number of nitrogens with zero attached hydrogens (tertiary/aromatic N) is 5. The minimum atomic E-state index is -4.35. The zero-order valence-electron chi connectivity index (χ0n) is 17.2. The third-order valence-corrected chi connectivity index (χ3v) is 5.23. The Balaban J connectivity index is 1.66. The molecule has 1 aliphatic rings. The van der Waals surface area contributed by atoms with Gasteiger partial charge < -0.3 is 9.64 Å². The minimum absolute atomic E-state index is 0.0327. The number of benzene rings is 1. The highest BCUT2D eigenvalue weighted by atomic mass is 19.4. The number of hydrogen-bond donors (Lipinski definition) is 0. The molecule has 0 N–H and O–H groups in total. The van der Waals surface area contributed by atoms with Crippen molar-refractivity contribution in [2.75, 3.05) is 13.2 Å². The number of carbonyl (C=O) groups excluding carboxylic acids is 2. The van der Waals surface area contributed by atoms with Gasteiger partial charge in [-0.15, -0.1) is 0 Å². The summed E-state index contributed by atoms with van der Waals surface area (Å²) < 4.78 is 44.5. The summed E-state index contributed by atoms with van der Waals surface area (Å²) in [5.74, 6) is -1.03. The van der Waals surface area contributed by atoms with Gasteiger partial charge in [0, 0.05) is 43.2 Å². The summed E-state index contributed by atoms with van der Waals surface area (Å²) in [5.41, 5.74) is 2.26.